The highest BCUT2D eigenvalue weighted by Gasteiger charge is 2.18. The summed E-state index contributed by atoms with van der Waals surface area (Å²) in [6, 6.07) is 10.9. The van der Waals surface area contributed by atoms with Crippen molar-refractivity contribution in [2.75, 3.05) is 12.4 Å². The van der Waals surface area contributed by atoms with E-state index in [1.807, 2.05) is 25.1 Å². The Morgan fingerprint density at radius 3 is 2.73 bits per heavy atom. The van der Waals surface area contributed by atoms with Crippen LogP contribution in [-0.2, 0) is 0 Å². The first kappa shape index (κ1) is 18.9. The maximum Gasteiger partial charge on any atom is 0.269 e. The third-order valence-electron chi connectivity index (χ3n) is 3.79. The van der Waals surface area contributed by atoms with Gasteiger partial charge in [0.1, 0.15) is 10.6 Å². The fraction of sp³-hybridized carbons (Fsp3) is 0.111. The van der Waals surface area contributed by atoms with Crippen LogP contribution in [-0.4, -0.2) is 18.1 Å². The van der Waals surface area contributed by atoms with Crippen molar-refractivity contribution in [3.8, 4) is 5.75 Å². The first-order valence-corrected chi connectivity index (χ1v) is 9.52. The van der Waals surface area contributed by atoms with E-state index in [-0.39, 0.29) is 11.0 Å². The number of carbonyl (C=O) groups is 1. The van der Waals surface area contributed by atoms with Crippen LogP contribution in [0.3, 0.4) is 0 Å². The average Bonchev–Trinajstić information content (AvgIpc) is 2.95. The quantitative estimate of drug-likeness (QED) is 0.533. The van der Waals surface area contributed by atoms with Crippen LogP contribution < -0.4 is 15.4 Å². The zero-order valence-corrected chi connectivity index (χ0v) is 17.0. The molecule has 134 valence electrons. The van der Waals surface area contributed by atoms with E-state index in [1.165, 1.54) is 11.3 Å². The Morgan fingerprint density at radius 2 is 2.00 bits per heavy atom. The molecule has 0 saturated carbocycles. The fourth-order valence-corrected chi connectivity index (χ4v) is 4.19. The lowest BCUT2D eigenvalue weighted by molar-refractivity contribution is 0.0982. The minimum atomic E-state index is -0.368. The molecule has 0 aliphatic carbocycles. The molecule has 26 heavy (non-hydrogen) atoms. The normalized spacial score (nSPS) is 10.6. The molecule has 1 heterocycles. The van der Waals surface area contributed by atoms with Gasteiger partial charge in [0.25, 0.3) is 5.91 Å². The van der Waals surface area contributed by atoms with Crippen LogP contribution in [0.5, 0.6) is 5.75 Å². The molecule has 0 spiro atoms. The number of anilines is 1. The zero-order chi connectivity index (χ0) is 18.8. The zero-order valence-electron chi connectivity index (χ0n) is 13.9. The van der Waals surface area contributed by atoms with E-state index < -0.39 is 0 Å². The second kappa shape index (κ2) is 7.80. The molecule has 0 radical (unpaired) electrons. The molecule has 3 aromatic rings. The van der Waals surface area contributed by atoms with Crippen LogP contribution in [0, 0.1) is 6.92 Å². The number of halogens is 2. The number of benzene rings is 2. The van der Waals surface area contributed by atoms with Crippen LogP contribution in [0.4, 0.5) is 5.69 Å². The number of amides is 1. The van der Waals surface area contributed by atoms with E-state index in [1.54, 1.807) is 25.3 Å². The van der Waals surface area contributed by atoms with Crippen molar-refractivity contribution in [2.45, 2.75) is 6.92 Å². The van der Waals surface area contributed by atoms with Gasteiger partial charge in [-0.2, -0.15) is 0 Å². The van der Waals surface area contributed by atoms with Gasteiger partial charge < -0.3 is 10.1 Å². The van der Waals surface area contributed by atoms with Crippen LogP contribution in [0.2, 0.25) is 10.0 Å². The third kappa shape index (κ3) is 3.78. The van der Waals surface area contributed by atoms with Crippen molar-refractivity contribution >= 4 is 73.5 Å². The van der Waals surface area contributed by atoms with Gasteiger partial charge in [-0.05, 0) is 55.0 Å². The first-order chi connectivity index (χ1) is 12.4. The van der Waals surface area contributed by atoms with Gasteiger partial charge in [0.15, 0.2) is 5.11 Å². The Morgan fingerprint density at radius 1 is 1.23 bits per heavy atom. The molecule has 0 aliphatic heterocycles. The molecule has 8 heteroatoms. The van der Waals surface area contributed by atoms with Crippen molar-refractivity contribution in [1.82, 2.24) is 5.32 Å². The van der Waals surface area contributed by atoms with Crippen LogP contribution in [0.15, 0.2) is 36.4 Å². The fourth-order valence-electron chi connectivity index (χ4n) is 2.37. The van der Waals surface area contributed by atoms with Crippen molar-refractivity contribution in [2.24, 2.45) is 0 Å². The molecule has 0 aliphatic rings. The number of nitrogens with one attached hydrogen (secondary N) is 2. The maximum absolute atomic E-state index is 12.6. The maximum atomic E-state index is 12.6. The lowest BCUT2D eigenvalue weighted by atomic mass is 10.2. The highest BCUT2D eigenvalue weighted by molar-refractivity contribution is 7.80. The van der Waals surface area contributed by atoms with E-state index in [4.69, 9.17) is 40.2 Å². The number of methoxy groups -OCH3 is 1. The van der Waals surface area contributed by atoms with Crippen LogP contribution in [0.1, 0.15) is 15.2 Å². The number of thiophene rings is 1. The second-order valence-corrected chi connectivity index (χ2v) is 7.67. The summed E-state index contributed by atoms with van der Waals surface area (Å²) in [6.07, 6.45) is 0. The minimum absolute atomic E-state index is 0.173. The Hall–Kier alpha value is -1.86. The van der Waals surface area contributed by atoms with Crippen molar-refractivity contribution < 1.29 is 9.53 Å². The molecular weight excluding hydrogens is 411 g/mol. The number of thiocarbonyl (C=S) groups is 1. The van der Waals surface area contributed by atoms with E-state index in [0.717, 1.165) is 21.3 Å². The van der Waals surface area contributed by atoms with Gasteiger partial charge in [0, 0.05) is 20.8 Å². The number of hydrogen-bond donors (Lipinski definition) is 2. The molecule has 1 aromatic heterocycles. The highest BCUT2D eigenvalue weighted by atomic mass is 35.5. The van der Waals surface area contributed by atoms with Gasteiger partial charge in [0.2, 0.25) is 0 Å². The van der Waals surface area contributed by atoms with Crippen LogP contribution in [0.25, 0.3) is 10.1 Å². The molecule has 0 saturated heterocycles. The Labute approximate surface area is 170 Å². The van der Waals surface area contributed by atoms with Gasteiger partial charge >= 0.3 is 0 Å². The second-order valence-electron chi connectivity index (χ2n) is 5.43. The summed E-state index contributed by atoms with van der Waals surface area (Å²) in [7, 11) is 1.59. The average molecular weight is 425 g/mol. The van der Waals surface area contributed by atoms with Crippen molar-refractivity contribution in [3.63, 3.8) is 0 Å². The Bertz CT molecular complexity index is 1020. The lowest BCUT2D eigenvalue weighted by Gasteiger charge is -2.12. The minimum Gasteiger partial charge on any atom is -0.497 e. The summed E-state index contributed by atoms with van der Waals surface area (Å²) in [5, 5.41) is 7.62. The monoisotopic (exact) mass is 424 g/mol. The number of rotatable bonds is 3. The molecular formula is C18H14Cl2N2O2S2. The smallest absolute Gasteiger partial charge is 0.269 e. The lowest BCUT2D eigenvalue weighted by Crippen LogP contribution is -2.34. The number of carbonyl (C=O) groups excluding carboxylic acids is 1. The van der Waals surface area contributed by atoms with Crippen molar-refractivity contribution in [3.05, 3.63) is 56.9 Å². The molecule has 4 nitrogen and oxygen atoms in total. The molecule has 1 amide bonds. The standard InChI is InChI=1S/C18H14Cl2N2O2S2/c1-9-12(19)4-3-5-13(9)21-18(25)22-17(23)16-15(20)11-7-6-10(24-2)8-14(11)26-16/h3-8H,1-2H3,(H2,21,22,23,25). The van der Waals surface area contributed by atoms with Gasteiger partial charge in [-0.15, -0.1) is 11.3 Å². The van der Waals surface area contributed by atoms with Gasteiger partial charge in [0.05, 0.1) is 12.1 Å². The van der Waals surface area contributed by atoms with E-state index in [0.29, 0.717) is 20.7 Å². The topological polar surface area (TPSA) is 50.4 Å². The molecule has 0 fully saturated rings. The number of fused-ring (bicyclic) bond motifs is 1. The van der Waals surface area contributed by atoms with E-state index in [9.17, 15) is 4.79 Å². The summed E-state index contributed by atoms with van der Waals surface area (Å²) >= 11 is 19.0. The summed E-state index contributed by atoms with van der Waals surface area (Å²) in [4.78, 5) is 13.0. The Balaban J connectivity index is 1.79. The first-order valence-electron chi connectivity index (χ1n) is 7.54. The van der Waals surface area contributed by atoms with Crippen molar-refractivity contribution in [1.29, 1.82) is 0 Å². The predicted molar refractivity (Wildman–Crippen MR) is 113 cm³/mol. The van der Waals surface area contributed by atoms with E-state index in [2.05, 4.69) is 10.6 Å². The highest BCUT2D eigenvalue weighted by Crippen LogP contribution is 2.37. The molecule has 0 atom stereocenters. The Kier molecular flexibility index (Phi) is 5.67. The summed E-state index contributed by atoms with van der Waals surface area (Å²) < 4.78 is 6.07. The van der Waals surface area contributed by atoms with Crippen LogP contribution >= 0.6 is 46.8 Å². The van der Waals surface area contributed by atoms with Gasteiger partial charge in [-0.3, -0.25) is 10.1 Å². The largest absolute Gasteiger partial charge is 0.497 e. The summed E-state index contributed by atoms with van der Waals surface area (Å²) in [5.74, 6) is 0.336. The molecule has 2 N–H and O–H groups in total. The van der Waals surface area contributed by atoms with Gasteiger partial charge in [-0.1, -0.05) is 29.3 Å². The number of ether oxygens (including phenoxy) is 1. The molecule has 0 bridgehead atoms. The predicted octanol–water partition coefficient (Wildman–Crippen LogP) is 5.65. The van der Waals surface area contributed by atoms with Gasteiger partial charge in [-0.25, -0.2) is 0 Å². The molecule has 2 aromatic carbocycles. The molecule has 3 rings (SSSR count). The SMILES string of the molecule is COc1ccc2c(Cl)c(C(=O)NC(=S)Nc3cccc(Cl)c3C)sc2c1. The third-order valence-corrected chi connectivity index (χ3v) is 6.06. The summed E-state index contributed by atoms with van der Waals surface area (Å²) in [6.45, 7) is 1.87. The number of hydrogen-bond acceptors (Lipinski definition) is 4. The van der Waals surface area contributed by atoms with E-state index >= 15 is 0 Å². The summed E-state index contributed by atoms with van der Waals surface area (Å²) in [5.41, 5.74) is 1.58. The molecule has 0 unspecified atom stereocenters.